The fraction of sp³-hybridized carbons (Fsp3) is 0.406. The summed E-state index contributed by atoms with van der Waals surface area (Å²) in [6.07, 6.45) is 9.34. The number of carbonyl (C=O) groups excluding carboxylic acids is 2. The molecule has 0 saturated heterocycles. The van der Waals surface area contributed by atoms with E-state index < -0.39 is 47.4 Å². The molecule has 0 unspecified atom stereocenters. The van der Waals surface area contributed by atoms with E-state index in [1.165, 1.54) is 14.2 Å². The van der Waals surface area contributed by atoms with Crippen molar-refractivity contribution in [3.63, 3.8) is 0 Å². The second-order valence-electron chi connectivity index (χ2n) is 21.8. The summed E-state index contributed by atoms with van der Waals surface area (Å²) in [5.41, 5.74) is 9.67. The first-order valence-electron chi connectivity index (χ1n) is 27.0. The van der Waals surface area contributed by atoms with Crippen LogP contribution in [-0.4, -0.2) is 98.1 Å². The van der Waals surface area contributed by atoms with Crippen LogP contribution in [0.25, 0.3) is 11.1 Å². The SMILES string of the molecule is C/N=C/c1cncc(COc2cc(OCc3cccc(-c4cccc(COc5cc(OCc6cncc(/C=N/C)c6)c(CN[C@H](C(=O)OC)[C@@H](C)OC(C)(C)C)cc5Cl)c4C)c3C)c(Cl)cc2CN[C@H](C(=O)OC)[C@@H](C)OC(C)(C)C)c1. The van der Waals surface area contributed by atoms with Gasteiger partial charge in [0, 0.05) is 110 Å². The van der Waals surface area contributed by atoms with E-state index in [9.17, 15) is 9.59 Å². The summed E-state index contributed by atoms with van der Waals surface area (Å²) in [6, 6.07) is 21.7. The van der Waals surface area contributed by atoms with E-state index in [0.29, 0.717) is 44.2 Å². The molecule has 0 radical (unpaired) electrons. The van der Waals surface area contributed by atoms with Crippen molar-refractivity contribution in [2.24, 2.45) is 9.98 Å². The Morgan fingerprint density at radius 2 is 0.927 bits per heavy atom. The minimum atomic E-state index is -0.787. The lowest BCUT2D eigenvalue weighted by Crippen LogP contribution is -2.48. The van der Waals surface area contributed by atoms with Crippen molar-refractivity contribution in [3.8, 4) is 34.1 Å². The summed E-state index contributed by atoms with van der Waals surface area (Å²) in [5, 5.41) is 7.36. The van der Waals surface area contributed by atoms with Crippen LogP contribution in [0.2, 0.25) is 10.0 Å². The third-order valence-corrected chi connectivity index (χ3v) is 13.7. The number of hydrogen-bond acceptors (Lipinski definition) is 16. The first-order chi connectivity index (χ1) is 39.0. The molecule has 18 heteroatoms. The molecular weight excluding hydrogens is 1080 g/mol. The largest absolute Gasteiger partial charge is 0.488 e. The van der Waals surface area contributed by atoms with Crippen LogP contribution in [0.4, 0.5) is 0 Å². The molecule has 2 N–H and O–H groups in total. The molecule has 2 heterocycles. The van der Waals surface area contributed by atoms with Gasteiger partial charge in [-0.3, -0.25) is 40.2 Å². The van der Waals surface area contributed by atoms with Crippen LogP contribution in [0.1, 0.15) is 111 Å². The number of ether oxygens (including phenoxy) is 8. The van der Waals surface area contributed by atoms with Crippen molar-refractivity contribution in [3.05, 3.63) is 163 Å². The Balaban J connectivity index is 1.24. The van der Waals surface area contributed by atoms with E-state index >= 15 is 0 Å². The van der Waals surface area contributed by atoms with Crippen LogP contribution >= 0.6 is 23.2 Å². The van der Waals surface area contributed by atoms with E-state index in [2.05, 4.69) is 56.6 Å². The van der Waals surface area contributed by atoms with Gasteiger partial charge in [0.25, 0.3) is 0 Å². The lowest BCUT2D eigenvalue weighted by molar-refractivity contribution is -0.152. The fourth-order valence-electron chi connectivity index (χ4n) is 9.25. The average Bonchev–Trinajstić information content (AvgIpc) is 3.54. The summed E-state index contributed by atoms with van der Waals surface area (Å²) < 4.78 is 48.7. The lowest BCUT2D eigenvalue weighted by atomic mass is 9.92. The van der Waals surface area contributed by atoms with E-state index in [-0.39, 0.29) is 39.5 Å². The van der Waals surface area contributed by atoms with Crippen molar-refractivity contribution in [1.82, 2.24) is 20.6 Å². The number of carbonyl (C=O) groups is 2. The molecule has 4 atom stereocenters. The number of pyridine rings is 2. The van der Waals surface area contributed by atoms with Gasteiger partial charge in [0.15, 0.2) is 0 Å². The first kappa shape index (κ1) is 64.3. The highest BCUT2D eigenvalue weighted by Gasteiger charge is 2.32. The highest BCUT2D eigenvalue weighted by molar-refractivity contribution is 6.32. The van der Waals surface area contributed by atoms with Gasteiger partial charge in [-0.25, -0.2) is 0 Å². The van der Waals surface area contributed by atoms with Gasteiger partial charge in [0.1, 0.15) is 61.5 Å². The van der Waals surface area contributed by atoms with Crippen molar-refractivity contribution in [1.29, 1.82) is 0 Å². The minimum absolute atomic E-state index is 0.186. The minimum Gasteiger partial charge on any atom is -0.488 e. The number of aromatic nitrogens is 2. The number of nitrogens with one attached hydrogen (secondary N) is 2. The van der Waals surface area contributed by atoms with Gasteiger partial charge in [0.05, 0.1) is 47.7 Å². The zero-order valence-electron chi connectivity index (χ0n) is 49.6. The second-order valence-corrected chi connectivity index (χ2v) is 22.6. The number of hydrogen-bond donors (Lipinski definition) is 2. The Morgan fingerprint density at radius 1 is 0.549 bits per heavy atom. The normalized spacial score (nSPS) is 13.4. The molecule has 0 aliphatic carbocycles. The maximum atomic E-state index is 13.0. The molecule has 6 rings (SSSR count). The number of esters is 2. The zero-order valence-corrected chi connectivity index (χ0v) is 51.1. The Labute approximate surface area is 493 Å². The molecule has 0 bridgehead atoms. The van der Waals surface area contributed by atoms with Crippen LogP contribution in [-0.2, 0) is 68.1 Å². The maximum absolute atomic E-state index is 13.0. The molecule has 0 fully saturated rings. The quantitative estimate of drug-likeness (QED) is 0.0367. The van der Waals surface area contributed by atoms with Gasteiger partial charge in [-0.15, -0.1) is 0 Å². The highest BCUT2D eigenvalue weighted by atomic mass is 35.5. The zero-order chi connectivity index (χ0) is 59.7. The number of methoxy groups -OCH3 is 2. The molecule has 0 aliphatic rings. The average molecular weight is 1160 g/mol. The maximum Gasteiger partial charge on any atom is 0.325 e. The number of halogens is 2. The molecule has 16 nitrogen and oxygen atoms in total. The summed E-state index contributed by atoms with van der Waals surface area (Å²) in [4.78, 5) is 43.1. The van der Waals surface area contributed by atoms with E-state index in [1.54, 1.807) is 75.6 Å². The second kappa shape index (κ2) is 29.9. The summed E-state index contributed by atoms with van der Waals surface area (Å²) >= 11 is 14.0. The molecule has 2 aromatic heterocycles. The molecule has 0 amide bonds. The summed E-state index contributed by atoms with van der Waals surface area (Å²) in [7, 11) is 6.11. The topological polar surface area (TPSA) is 183 Å². The summed E-state index contributed by atoms with van der Waals surface area (Å²) in [6.45, 7) is 20.6. The monoisotopic (exact) mass is 1160 g/mol. The van der Waals surface area contributed by atoms with Gasteiger partial charge >= 0.3 is 11.9 Å². The van der Waals surface area contributed by atoms with Crippen molar-refractivity contribution >= 4 is 47.6 Å². The Bertz CT molecular complexity index is 2980. The molecule has 438 valence electrons. The van der Waals surface area contributed by atoms with Crippen LogP contribution in [0.3, 0.4) is 0 Å². The predicted molar refractivity (Wildman–Crippen MR) is 323 cm³/mol. The van der Waals surface area contributed by atoms with Gasteiger partial charge in [0.2, 0.25) is 0 Å². The summed E-state index contributed by atoms with van der Waals surface area (Å²) in [5.74, 6) is 0.892. The highest BCUT2D eigenvalue weighted by Crippen LogP contribution is 2.38. The predicted octanol–water partition coefficient (Wildman–Crippen LogP) is 12.2. The van der Waals surface area contributed by atoms with Crippen LogP contribution < -0.4 is 29.6 Å². The van der Waals surface area contributed by atoms with E-state index in [1.807, 2.05) is 91.8 Å². The van der Waals surface area contributed by atoms with Gasteiger partial charge < -0.3 is 37.9 Å². The van der Waals surface area contributed by atoms with E-state index in [0.717, 1.165) is 55.6 Å². The number of nitrogens with zero attached hydrogens (tertiary/aromatic N) is 4. The Hall–Kier alpha value is -6.92. The number of rotatable bonds is 27. The Morgan fingerprint density at radius 3 is 1.28 bits per heavy atom. The fourth-order valence-corrected chi connectivity index (χ4v) is 9.74. The third kappa shape index (κ3) is 18.5. The van der Waals surface area contributed by atoms with Crippen LogP contribution in [0.15, 0.2) is 108 Å². The van der Waals surface area contributed by atoms with Crippen molar-refractivity contribution in [2.45, 2.75) is 144 Å². The van der Waals surface area contributed by atoms with Gasteiger partial charge in [-0.1, -0.05) is 59.6 Å². The smallest absolute Gasteiger partial charge is 0.325 e. The molecule has 6 aromatic rings. The number of benzene rings is 4. The van der Waals surface area contributed by atoms with Crippen molar-refractivity contribution in [2.75, 3.05) is 28.3 Å². The third-order valence-electron chi connectivity index (χ3n) is 13.1. The first-order valence-corrected chi connectivity index (χ1v) is 27.8. The molecule has 0 aliphatic heterocycles. The molecular formula is C64H78Cl2N6O10. The standard InChI is InChI=1S/C64H78Cl2N6O10/c1-39-47(37-79-57-25-55(77-35-45-21-43(27-67-11)29-69-31-45)49(23-53(57)65)33-71-59(61(73)75-13)41(3)81-63(5,6)7)17-15-19-51(39)52-20-16-18-48(40(52)2)38-80-58-26-56(78-36-46-22-44(28-68-12)30-70-32-46)50(24-54(58)66)34-72-60(62(74)76-14)42(4)82-64(8,9)10/h15-32,41-42,59-60,71-72H,33-38H2,1-14H3/b67-27+,68-28+/t41-,42-,59+,60+/m1/s1. The van der Waals surface area contributed by atoms with Crippen LogP contribution in [0, 0.1) is 13.8 Å². The van der Waals surface area contributed by atoms with E-state index in [4.69, 9.17) is 61.1 Å². The van der Waals surface area contributed by atoms with Crippen LogP contribution in [0.5, 0.6) is 23.0 Å². The van der Waals surface area contributed by atoms with Gasteiger partial charge in [-0.2, -0.15) is 0 Å². The molecule has 82 heavy (non-hydrogen) atoms. The molecule has 0 spiro atoms. The Kier molecular flexibility index (Phi) is 23.4. The lowest BCUT2D eigenvalue weighted by Gasteiger charge is -2.30. The molecule has 0 saturated carbocycles. The molecule has 4 aromatic carbocycles. The van der Waals surface area contributed by atoms with Gasteiger partial charge in [-0.05, 0) is 127 Å². The van der Waals surface area contributed by atoms with Crippen molar-refractivity contribution < 1.29 is 47.5 Å². The number of aliphatic imine (C=N–C) groups is 2.